The molecule has 0 spiro atoms. The number of carbonyl (C=O) groups excluding carboxylic acids is 1. The molecule has 0 atom stereocenters. The minimum atomic E-state index is -0.554. The summed E-state index contributed by atoms with van der Waals surface area (Å²) in [6, 6.07) is 18.0. The molecule has 0 fully saturated rings. The van der Waals surface area contributed by atoms with E-state index in [1.54, 1.807) is 30.3 Å². The van der Waals surface area contributed by atoms with Crippen LogP contribution in [0.2, 0.25) is 0 Å². The largest absolute Gasteiger partial charge is 0.454 e. The van der Waals surface area contributed by atoms with Crippen LogP contribution < -0.4 is 26.0 Å². The summed E-state index contributed by atoms with van der Waals surface area (Å²) in [6.45, 7) is 0.678. The second-order valence-electron chi connectivity index (χ2n) is 8.63. The maximum atomic E-state index is 13.1. The first-order chi connectivity index (χ1) is 17.6. The predicted octanol–water partition coefficient (Wildman–Crippen LogP) is 2.92. The van der Waals surface area contributed by atoms with Crippen LogP contribution in [0.15, 0.2) is 76.4 Å². The number of hydrogen-bond donors (Lipinski definition) is 3. The highest BCUT2D eigenvalue weighted by molar-refractivity contribution is 5.97. The molecule has 0 saturated heterocycles. The number of aromatic amines is 2. The van der Waals surface area contributed by atoms with Gasteiger partial charge >= 0.3 is 5.69 Å². The normalized spacial score (nSPS) is 12.3. The minimum absolute atomic E-state index is 0.0802. The zero-order valence-electron chi connectivity index (χ0n) is 19.2. The van der Waals surface area contributed by atoms with Gasteiger partial charge in [-0.25, -0.2) is 4.79 Å². The van der Waals surface area contributed by atoms with Crippen LogP contribution in [0.1, 0.15) is 21.5 Å². The number of nitrogens with one attached hydrogen (secondary N) is 3. The maximum absolute atomic E-state index is 13.1. The van der Waals surface area contributed by atoms with Crippen molar-refractivity contribution in [2.45, 2.75) is 13.0 Å². The Morgan fingerprint density at radius 1 is 0.944 bits per heavy atom. The Hall–Kier alpha value is -4.79. The fourth-order valence-corrected chi connectivity index (χ4v) is 4.51. The van der Waals surface area contributed by atoms with Crippen molar-refractivity contribution in [2.75, 3.05) is 13.3 Å². The molecule has 3 aromatic carbocycles. The first kappa shape index (κ1) is 21.7. The Kier molecular flexibility index (Phi) is 5.29. The molecule has 5 aromatic rings. The van der Waals surface area contributed by atoms with Crippen molar-refractivity contribution in [1.29, 1.82) is 0 Å². The molecule has 0 unspecified atom stereocenters. The van der Waals surface area contributed by atoms with Gasteiger partial charge in [-0.2, -0.15) is 0 Å². The van der Waals surface area contributed by atoms with E-state index in [2.05, 4.69) is 15.3 Å². The zero-order valence-corrected chi connectivity index (χ0v) is 19.2. The van der Waals surface area contributed by atoms with Gasteiger partial charge < -0.3 is 24.8 Å². The number of para-hydroxylation sites is 1. The summed E-state index contributed by atoms with van der Waals surface area (Å²) in [7, 11) is 0. The second kappa shape index (κ2) is 8.77. The topological polar surface area (TPSA) is 118 Å². The second-order valence-corrected chi connectivity index (χ2v) is 8.63. The van der Waals surface area contributed by atoms with Gasteiger partial charge in [-0.15, -0.1) is 0 Å². The van der Waals surface area contributed by atoms with Crippen LogP contribution in [0.4, 0.5) is 0 Å². The molecule has 1 amide bonds. The van der Waals surface area contributed by atoms with E-state index in [1.165, 1.54) is 6.07 Å². The van der Waals surface area contributed by atoms with E-state index >= 15 is 0 Å². The highest BCUT2D eigenvalue weighted by Crippen LogP contribution is 2.32. The van der Waals surface area contributed by atoms with Crippen molar-refractivity contribution < 1.29 is 14.3 Å². The van der Waals surface area contributed by atoms with Crippen molar-refractivity contribution in [2.24, 2.45) is 0 Å². The highest BCUT2D eigenvalue weighted by atomic mass is 16.7. The van der Waals surface area contributed by atoms with E-state index < -0.39 is 11.2 Å². The van der Waals surface area contributed by atoms with Crippen molar-refractivity contribution in [3.8, 4) is 11.5 Å². The number of benzene rings is 3. The van der Waals surface area contributed by atoms with Crippen LogP contribution in [0.25, 0.3) is 21.8 Å². The van der Waals surface area contributed by atoms with E-state index in [9.17, 15) is 14.4 Å². The number of fused-ring (bicyclic) bond motifs is 3. The molecule has 36 heavy (non-hydrogen) atoms. The van der Waals surface area contributed by atoms with Crippen LogP contribution in [0, 0.1) is 0 Å². The van der Waals surface area contributed by atoms with Gasteiger partial charge in [0.25, 0.3) is 11.5 Å². The van der Waals surface area contributed by atoms with Crippen LogP contribution in [0.5, 0.6) is 11.5 Å². The molecule has 3 heterocycles. The van der Waals surface area contributed by atoms with Gasteiger partial charge in [0.15, 0.2) is 11.5 Å². The van der Waals surface area contributed by atoms with Gasteiger partial charge in [0.05, 0.1) is 17.4 Å². The summed E-state index contributed by atoms with van der Waals surface area (Å²) in [5.41, 5.74) is 2.61. The van der Waals surface area contributed by atoms with Crippen LogP contribution in [-0.2, 0) is 13.0 Å². The first-order valence-electron chi connectivity index (χ1n) is 11.6. The quantitative estimate of drug-likeness (QED) is 0.344. The fraction of sp³-hybridized carbons (Fsp3) is 0.148. The van der Waals surface area contributed by atoms with E-state index in [0.717, 1.165) is 26.6 Å². The lowest BCUT2D eigenvalue weighted by Crippen LogP contribution is -2.35. The lowest BCUT2D eigenvalue weighted by atomic mass is 10.1. The van der Waals surface area contributed by atoms with E-state index in [4.69, 9.17) is 9.47 Å². The summed E-state index contributed by atoms with van der Waals surface area (Å²) >= 11 is 0. The average molecular weight is 482 g/mol. The van der Waals surface area contributed by atoms with Gasteiger partial charge in [0.2, 0.25) is 6.79 Å². The third-order valence-corrected chi connectivity index (χ3v) is 6.38. The number of H-pyrrole nitrogens is 2. The van der Waals surface area contributed by atoms with Gasteiger partial charge in [-0.05, 0) is 53.9 Å². The third kappa shape index (κ3) is 3.90. The molecule has 3 N–H and O–H groups in total. The van der Waals surface area contributed by atoms with Gasteiger partial charge in [0.1, 0.15) is 0 Å². The molecule has 6 rings (SSSR count). The van der Waals surface area contributed by atoms with E-state index in [1.807, 2.05) is 30.5 Å². The van der Waals surface area contributed by atoms with Gasteiger partial charge in [-0.3, -0.25) is 14.2 Å². The summed E-state index contributed by atoms with van der Waals surface area (Å²) in [4.78, 5) is 44.5. The molecule has 9 nitrogen and oxygen atoms in total. The number of ether oxygens (including phenoxy) is 2. The first-order valence-corrected chi connectivity index (χ1v) is 11.6. The third-order valence-electron chi connectivity index (χ3n) is 6.38. The van der Waals surface area contributed by atoms with Crippen LogP contribution >= 0.6 is 0 Å². The molecule has 0 bridgehead atoms. The summed E-state index contributed by atoms with van der Waals surface area (Å²) in [6.07, 6.45) is 2.62. The van der Waals surface area contributed by atoms with Crippen molar-refractivity contribution in [1.82, 2.24) is 19.9 Å². The summed E-state index contributed by atoms with van der Waals surface area (Å²) < 4.78 is 11.8. The van der Waals surface area contributed by atoms with Crippen molar-refractivity contribution in [3.05, 3.63) is 104 Å². The zero-order chi connectivity index (χ0) is 24.6. The molecule has 0 aliphatic carbocycles. The standard InChI is InChI=1S/C27H22N4O5/c32-25(28-10-9-18-13-29-21-4-2-1-3-19(18)21)17-6-7-20-22(12-17)30-27(34)31(26(20)33)14-16-5-8-23-24(11-16)36-15-35-23/h1-8,11-13,29H,9-10,14-15H2,(H,28,32)(H,30,34). The Labute approximate surface area is 204 Å². The molecule has 9 heteroatoms. The summed E-state index contributed by atoms with van der Waals surface area (Å²) in [5, 5.41) is 4.37. The predicted molar refractivity (Wildman–Crippen MR) is 135 cm³/mol. The maximum Gasteiger partial charge on any atom is 0.329 e. The van der Waals surface area contributed by atoms with E-state index in [0.29, 0.717) is 40.9 Å². The lowest BCUT2D eigenvalue weighted by Gasteiger charge is -2.09. The monoisotopic (exact) mass is 482 g/mol. The molecule has 1 aliphatic rings. The number of carbonyl (C=O) groups is 1. The average Bonchev–Trinajstić information content (AvgIpc) is 3.53. The molecule has 0 radical (unpaired) electrons. The number of nitrogens with zero attached hydrogens (tertiary/aromatic N) is 1. The Balaban J connectivity index is 1.19. The minimum Gasteiger partial charge on any atom is -0.454 e. The highest BCUT2D eigenvalue weighted by Gasteiger charge is 2.16. The molecule has 1 aliphatic heterocycles. The number of hydrogen-bond acceptors (Lipinski definition) is 5. The smallest absolute Gasteiger partial charge is 0.329 e. The summed E-state index contributed by atoms with van der Waals surface area (Å²) in [5.74, 6) is 0.936. The molecule has 180 valence electrons. The molecular formula is C27H22N4O5. The Morgan fingerprint density at radius 2 is 1.81 bits per heavy atom. The van der Waals surface area contributed by atoms with E-state index in [-0.39, 0.29) is 19.2 Å². The Morgan fingerprint density at radius 3 is 2.72 bits per heavy atom. The van der Waals surface area contributed by atoms with Crippen molar-refractivity contribution >= 4 is 27.7 Å². The molecule has 0 saturated carbocycles. The van der Waals surface area contributed by atoms with Gasteiger partial charge in [0, 0.05) is 29.2 Å². The van der Waals surface area contributed by atoms with Crippen LogP contribution in [0.3, 0.4) is 0 Å². The lowest BCUT2D eigenvalue weighted by molar-refractivity contribution is 0.0954. The van der Waals surface area contributed by atoms with Gasteiger partial charge in [-0.1, -0.05) is 24.3 Å². The SMILES string of the molecule is O=C(NCCc1c[nH]c2ccccc12)c1ccc2c(=O)n(Cc3ccc4c(c3)OCO4)c(=O)[nH]c2c1. The number of amides is 1. The Bertz CT molecular complexity index is 1750. The number of aromatic nitrogens is 3. The van der Waals surface area contributed by atoms with Crippen molar-refractivity contribution in [3.63, 3.8) is 0 Å². The number of rotatable bonds is 6. The molecule has 2 aromatic heterocycles. The fourth-order valence-electron chi connectivity index (χ4n) is 4.51. The molecular weight excluding hydrogens is 460 g/mol. The van der Waals surface area contributed by atoms with Crippen LogP contribution in [-0.4, -0.2) is 33.8 Å².